The first-order valence-corrected chi connectivity index (χ1v) is 9.53. The van der Waals surface area contributed by atoms with Crippen molar-refractivity contribution in [2.45, 2.75) is 45.6 Å². The van der Waals surface area contributed by atoms with Crippen molar-refractivity contribution in [2.75, 3.05) is 10.6 Å². The molecule has 2 aromatic rings. The molecular weight excluding hydrogens is 389 g/mol. The Hall–Kier alpha value is -3.42. The number of carbonyl (C=O) groups excluding carboxylic acids is 2. The highest BCUT2D eigenvalue weighted by atomic mass is 19.1. The highest BCUT2D eigenvalue weighted by Crippen LogP contribution is 2.30. The van der Waals surface area contributed by atoms with Crippen LogP contribution in [0.3, 0.4) is 0 Å². The Labute approximate surface area is 174 Å². The summed E-state index contributed by atoms with van der Waals surface area (Å²) in [5.74, 6) is -2.20. The standard InChI is InChI=1S/C22H26FN3O4/c1-5-16(26-21(29)30)19(27)25-17-12-13(22(2,3)4)11-15(23)18(17)20(28)24-14-9-7-6-8-10-14/h6-12,16,26H,5H2,1-4H3,(H,24,28)(H,25,27)(H,29,30). The van der Waals surface area contributed by atoms with Gasteiger partial charge in [-0.15, -0.1) is 0 Å². The topological polar surface area (TPSA) is 108 Å². The van der Waals surface area contributed by atoms with Crippen molar-refractivity contribution in [3.05, 3.63) is 59.4 Å². The molecule has 0 aliphatic carbocycles. The van der Waals surface area contributed by atoms with Gasteiger partial charge in [0.2, 0.25) is 5.91 Å². The molecule has 0 fully saturated rings. The van der Waals surface area contributed by atoms with Crippen molar-refractivity contribution >= 4 is 29.3 Å². The van der Waals surface area contributed by atoms with E-state index in [0.717, 1.165) is 0 Å². The number of para-hydroxylation sites is 1. The van der Waals surface area contributed by atoms with Crippen molar-refractivity contribution < 1.29 is 23.9 Å². The zero-order valence-corrected chi connectivity index (χ0v) is 17.4. The maximum absolute atomic E-state index is 15.0. The number of benzene rings is 2. The molecule has 0 bridgehead atoms. The third-order valence-electron chi connectivity index (χ3n) is 4.50. The zero-order valence-electron chi connectivity index (χ0n) is 17.4. The molecule has 30 heavy (non-hydrogen) atoms. The quantitative estimate of drug-likeness (QED) is 0.562. The number of carbonyl (C=O) groups is 3. The molecule has 2 aromatic carbocycles. The summed E-state index contributed by atoms with van der Waals surface area (Å²) in [5, 5.41) is 16.2. The van der Waals surface area contributed by atoms with E-state index in [0.29, 0.717) is 11.3 Å². The molecule has 0 spiro atoms. The summed E-state index contributed by atoms with van der Waals surface area (Å²) < 4.78 is 15.0. The summed E-state index contributed by atoms with van der Waals surface area (Å²) in [6, 6.07) is 10.3. The summed E-state index contributed by atoms with van der Waals surface area (Å²) >= 11 is 0. The lowest BCUT2D eigenvalue weighted by Crippen LogP contribution is -2.43. The Balaban J connectivity index is 2.46. The molecule has 0 radical (unpaired) electrons. The molecule has 1 unspecified atom stereocenters. The summed E-state index contributed by atoms with van der Waals surface area (Å²) in [6.07, 6.45) is -1.17. The number of nitrogens with one attached hydrogen (secondary N) is 3. The lowest BCUT2D eigenvalue weighted by molar-refractivity contribution is -0.118. The lowest BCUT2D eigenvalue weighted by atomic mass is 9.85. The summed E-state index contributed by atoms with van der Waals surface area (Å²) in [6.45, 7) is 7.25. The number of carboxylic acid groups (broad SMARTS) is 1. The molecule has 0 saturated heterocycles. The van der Waals surface area contributed by atoms with Gasteiger partial charge in [0.05, 0.1) is 11.3 Å². The van der Waals surface area contributed by atoms with Crippen LogP contribution >= 0.6 is 0 Å². The normalized spacial score (nSPS) is 12.0. The van der Waals surface area contributed by atoms with E-state index < -0.39 is 35.2 Å². The Morgan fingerprint density at radius 2 is 1.70 bits per heavy atom. The van der Waals surface area contributed by atoms with Gasteiger partial charge in [-0.3, -0.25) is 9.59 Å². The van der Waals surface area contributed by atoms with Gasteiger partial charge in [0.25, 0.3) is 5.91 Å². The smallest absolute Gasteiger partial charge is 0.405 e. The molecule has 3 amide bonds. The van der Waals surface area contributed by atoms with Gasteiger partial charge in [-0.25, -0.2) is 9.18 Å². The van der Waals surface area contributed by atoms with Crippen molar-refractivity contribution in [2.24, 2.45) is 0 Å². The second kappa shape index (κ2) is 9.39. The Kier molecular flexibility index (Phi) is 7.15. The largest absolute Gasteiger partial charge is 0.465 e. The fourth-order valence-electron chi connectivity index (χ4n) is 2.81. The predicted octanol–water partition coefficient (Wildman–Crippen LogP) is 4.36. The average Bonchev–Trinajstić information content (AvgIpc) is 2.65. The number of anilines is 2. The Bertz CT molecular complexity index is 939. The summed E-state index contributed by atoms with van der Waals surface area (Å²) in [7, 11) is 0. The average molecular weight is 415 g/mol. The molecule has 0 heterocycles. The summed E-state index contributed by atoms with van der Waals surface area (Å²) in [5.41, 5.74) is 0.247. The molecule has 160 valence electrons. The van der Waals surface area contributed by atoms with Crippen LogP contribution in [0.1, 0.15) is 50.0 Å². The van der Waals surface area contributed by atoms with Crippen LogP contribution in [0.25, 0.3) is 0 Å². The number of hydrogen-bond acceptors (Lipinski definition) is 3. The minimum atomic E-state index is -1.35. The number of rotatable bonds is 6. The molecule has 8 heteroatoms. The highest BCUT2D eigenvalue weighted by molar-refractivity contribution is 6.11. The van der Waals surface area contributed by atoms with Gasteiger partial charge in [0.15, 0.2) is 0 Å². The van der Waals surface area contributed by atoms with Gasteiger partial charge < -0.3 is 21.1 Å². The van der Waals surface area contributed by atoms with Gasteiger partial charge in [0.1, 0.15) is 11.9 Å². The first-order chi connectivity index (χ1) is 14.0. The fraction of sp³-hybridized carbons (Fsp3) is 0.318. The number of amides is 3. The third-order valence-corrected chi connectivity index (χ3v) is 4.50. The minimum absolute atomic E-state index is 0.0241. The second-order valence-corrected chi connectivity index (χ2v) is 7.85. The Morgan fingerprint density at radius 1 is 1.07 bits per heavy atom. The first-order valence-electron chi connectivity index (χ1n) is 9.53. The van der Waals surface area contributed by atoms with Crippen LogP contribution < -0.4 is 16.0 Å². The lowest BCUT2D eigenvalue weighted by Gasteiger charge is -2.23. The number of hydrogen-bond donors (Lipinski definition) is 4. The molecule has 0 aromatic heterocycles. The van der Waals surface area contributed by atoms with Crippen LogP contribution in [0.2, 0.25) is 0 Å². The van der Waals surface area contributed by atoms with E-state index in [1.807, 2.05) is 20.8 Å². The van der Waals surface area contributed by atoms with E-state index in [1.54, 1.807) is 37.3 Å². The number of halogens is 1. The molecular formula is C22H26FN3O4. The third kappa shape index (κ3) is 5.79. The van der Waals surface area contributed by atoms with E-state index in [4.69, 9.17) is 5.11 Å². The van der Waals surface area contributed by atoms with Crippen LogP contribution in [0, 0.1) is 5.82 Å². The van der Waals surface area contributed by atoms with Crippen molar-refractivity contribution in [3.8, 4) is 0 Å². The predicted molar refractivity (Wildman–Crippen MR) is 113 cm³/mol. The zero-order chi connectivity index (χ0) is 22.5. The van der Waals surface area contributed by atoms with Crippen molar-refractivity contribution in [3.63, 3.8) is 0 Å². The van der Waals surface area contributed by atoms with E-state index >= 15 is 4.39 Å². The van der Waals surface area contributed by atoms with Crippen molar-refractivity contribution in [1.82, 2.24) is 5.32 Å². The van der Waals surface area contributed by atoms with Crippen LogP contribution in [0.5, 0.6) is 0 Å². The van der Waals surface area contributed by atoms with E-state index in [9.17, 15) is 14.4 Å². The second-order valence-electron chi connectivity index (χ2n) is 7.85. The van der Waals surface area contributed by atoms with Gasteiger partial charge in [-0.05, 0) is 41.7 Å². The minimum Gasteiger partial charge on any atom is -0.465 e. The molecule has 7 nitrogen and oxygen atoms in total. The first kappa shape index (κ1) is 22.9. The van der Waals surface area contributed by atoms with Crippen LogP contribution in [0.15, 0.2) is 42.5 Å². The molecule has 0 aliphatic rings. The SMILES string of the molecule is CCC(NC(=O)O)C(=O)Nc1cc(C(C)(C)C)cc(F)c1C(=O)Nc1ccccc1. The molecule has 2 rings (SSSR count). The van der Waals surface area contributed by atoms with Crippen LogP contribution in [-0.2, 0) is 10.2 Å². The van der Waals surface area contributed by atoms with Crippen LogP contribution in [0.4, 0.5) is 20.6 Å². The monoisotopic (exact) mass is 415 g/mol. The fourth-order valence-corrected chi connectivity index (χ4v) is 2.81. The summed E-state index contributed by atoms with van der Waals surface area (Å²) in [4.78, 5) is 36.3. The highest BCUT2D eigenvalue weighted by Gasteiger charge is 2.26. The van der Waals surface area contributed by atoms with Crippen molar-refractivity contribution in [1.29, 1.82) is 0 Å². The molecule has 0 aliphatic heterocycles. The maximum atomic E-state index is 15.0. The van der Waals surface area contributed by atoms with Gasteiger partial charge in [-0.1, -0.05) is 45.9 Å². The Morgan fingerprint density at radius 3 is 2.23 bits per heavy atom. The molecule has 4 N–H and O–H groups in total. The maximum Gasteiger partial charge on any atom is 0.405 e. The molecule has 1 atom stereocenters. The van der Waals surface area contributed by atoms with Gasteiger partial charge >= 0.3 is 6.09 Å². The van der Waals surface area contributed by atoms with Crippen LogP contribution in [-0.4, -0.2) is 29.1 Å². The van der Waals surface area contributed by atoms with Gasteiger partial charge in [0, 0.05) is 5.69 Å². The van der Waals surface area contributed by atoms with E-state index in [2.05, 4.69) is 16.0 Å². The molecule has 0 saturated carbocycles. The van der Waals surface area contributed by atoms with E-state index in [-0.39, 0.29) is 17.7 Å². The van der Waals surface area contributed by atoms with E-state index in [1.165, 1.54) is 12.1 Å². The van der Waals surface area contributed by atoms with Gasteiger partial charge in [-0.2, -0.15) is 0 Å².